The topological polar surface area (TPSA) is 78.7 Å². The maximum Gasteiger partial charge on any atom is 0.267 e. The molecular weight excluding hydrogens is 274 g/mol. The highest BCUT2D eigenvalue weighted by Gasteiger charge is 2.22. The van der Waals surface area contributed by atoms with E-state index in [9.17, 15) is 4.79 Å². The van der Waals surface area contributed by atoms with Crippen LogP contribution >= 0.6 is 11.8 Å². The molecule has 0 spiro atoms. The standard InChI is InChI=1S/C13H11N5OS/c14-10-9-11(15-13-17(12(9)19)6-7-20-13)16-18(10)8-4-2-1-3-5-8/h1-5H,6-7,14H2. The Morgan fingerprint density at radius 3 is 2.85 bits per heavy atom. The monoisotopic (exact) mass is 285 g/mol. The minimum atomic E-state index is -0.102. The van der Waals surface area contributed by atoms with Crippen LogP contribution in [0.3, 0.4) is 0 Å². The largest absolute Gasteiger partial charge is 0.383 e. The molecule has 20 heavy (non-hydrogen) atoms. The van der Waals surface area contributed by atoms with Crippen molar-refractivity contribution >= 4 is 28.6 Å². The average molecular weight is 285 g/mol. The minimum absolute atomic E-state index is 0.102. The van der Waals surface area contributed by atoms with Crippen LogP contribution in [-0.2, 0) is 6.54 Å². The highest BCUT2D eigenvalue weighted by atomic mass is 32.2. The first-order valence-corrected chi connectivity index (χ1v) is 7.21. The zero-order valence-corrected chi connectivity index (χ0v) is 11.3. The molecule has 0 saturated carbocycles. The van der Waals surface area contributed by atoms with Crippen molar-refractivity contribution < 1.29 is 0 Å². The Morgan fingerprint density at radius 2 is 2.05 bits per heavy atom. The van der Waals surface area contributed by atoms with Gasteiger partial charge in [-0.2, -0.15) is 0 Å². The van der Waals surface area contributed by atoms with E-state index in [0.717, 1.165) is 16.6 Å². The second-order valence-corrected chi connectivity index (χ2v) is 5.59. The van der Waals surface area contributed by atoms with Crippen LogP contribution in [0.1, 0.15) is 0 Å². The summed E-state index contributed by atoms with van der Waals surface area (Å²) in [5.41, 5.74) is 7.24. The summed E-state index contributed by atoms with van der Waals surface area (Å²) in [6.45, 7) is 0.678. The number of hydrogen-bond donors (Lipinski definition) is 1. The Balaban J connectivity index is 2.06. The molecule has 1 aromatic carbocycles. The van der Waals surface area contributed by atoms with Gasteiger partial charge in [-0.1, -0.05) is 30.0 Å². The van der Waals surface area contributed by atoms with Crippen molar-refractivity contribution in [1.82, 2.24) is 19.3 Å². The lowest BCUT2D eigenvalue weighted by Crippen LogP contribution is -2.20. The molecule has 3 heterocycles. The number of nitrogens with zero attached hydrogens (tertiary/aromatic N) is 4. The minimum Gasteiger partial charge on any atom is -0.383 e. The molecule has 6 nitrogen and oxygen atoms in total. The van der Waals surface area contributed by atoms with Gasteiger partial charge in [-0.25, -0.2) is 9.67 Å². The van der Waals surface area contributed by atoms with Crippen LogP contribution in [0.25, 0.3) is 16.7 Å². The van der Waals surface area contributed by atoms with E-state index in [2.05, 4.69) is 10.1 Å². The van der Waals surface area contributed by atoms with Crippen molar-refractivity contribution in [1.29, 1.82) is 0 Å². The maximum absolute atomic E-state index is 12.5. The molecule has 100 valence electrons. The summed E-state index contributed by atoms with van der Waals surface area (Å²) in [7, 11) is 0. The van der Waals surface area contributed by atoms with Crippen LogP contribution < -0.4 is 11.3 Å². The van der Waals surface area contributed by atoms with E-state index in [0.29, 0.717) is 23.4 Å². The Hall–Kier alpha value is -2.28. The molecular formula is C13H11N5OS. The van der Waals surface area contributed by atoms with Crippen molar-refractivity contribution in [2.45, 2.75) is 11.7 Å². The number of rotatable bonds is 1. The molecule has 0 fully saturated rings. The third kappa shape index (κ3) is 1.50. The van der Waals surface area contributed by atoms with Crippen molar-refractivity contribution in [2.24, 2.45) is 0 Å². The summed E-state index contributed by atoms with van der Waals surface area (Å²) in [5, 5.41) is 5.50. The SMILES string of the molecule is Nc1c2c(=O)n3c(nc2nn1-c1ccccc1)SCC3. The van der Waals surface area contributed by atoms with Crippen molar-refractivity contribution in [3.8, 4) is 5.69 Å². The molecule has 0 bridgehead atoms. The van der Waals surface area contributed by atoms with Gasteiger partial charge in [-0.3, -0.25) is 9.36 Å². The third-order valence-electron chi connectivity index (χ3n) is 3.34. The summed E-state index contributed by atoms with van der Waals surface area (Å²) >= 11 is 1.57. The van der Waals surface area contributed by atoms with E-state index in [4.69, 9.17) is 5.73 Å². The smallest absolute Gasteiger partial charge is 0.267 e. The van der Waals surface area contributed by atoms with E-state index < -0.39 is 0 Å². The average Bonchev–Trinajstić information content (AvgIpc) is 3.05. The number of hydrogen-bond acceptors (Lipinski definition) is 5. The Kier molecular flexibility index (Phi) is 2.37. The number of nitrogen functional groups attached to an aromatic ring is 1. The van der Waals surface area contributed by atoms with Crippen LogP contribution in [-0.4, -0.2) is 25.1 Å². The van der Waals surface area contributed by atoms with Crippen molar-refractivity contribution in [3.63, 3.8) is 0 Å². The normalized spacial score (nSPS) is 13.8. The van der Waals surface area contributed by atoms with Crippen LogP contribution in [0, 0.1) is 0 Å². The van der Waals surface area contributed by atoms with Gasteiger partial charge >= 0.3 is 0 Å². The van der Waals surface area contributed by atoms with Gasteiger partial charge in [0.15, 0.2) is 10.8 Å². The second kappa shape index (κ2) is 4.11. The van der Waals surface area contributed by atoms with Crippen LogP contribution in [0.2, 0.25) is 0 Å². The molecule has 2 aromatic heterocycles. The predicted octanol–water partition coefficient (Wildman–Crippen LogP) is 1.27. The van der Waals surface area contributed by atoms with E-state index in [1.165, 1.54) is 0 Å². The van der Waals surface area contributed by atoms with Gasteiger partial charge in [0.2, 0.25) is 0 Å². The molecule has 3 aromatic rings. The van der Waals surface area contributed by atoms with Gasteiger partial charge < -0.3 is 5.73 Å². The molecule has 7 heteroatoms. The Bertz CT molecular complexity index is 868. The number of aromatic nitrogens is 4. The number of nitrogens with two attached hydrogens (primary N) is 1. The zero-order chi connectivity index (χ0) is 13.7. The second-order valence-electron chi connectivity index (χ2n) is 4.53. The number of para-hydroxylation sites is 1. The first kappa shape index (κ1) is 11.5. The lowest BCUT2D eigenvalue weighted by atomic mass is 10.3. The number of anilines is 1. The fourth-order valence-electron chi connectivity index (χ4n) is 2.38. The molecule has 4 rings (SSSR count). The molecule has 0 unspecified atom stereocenters. The van der Waals surface area contributed by atoms with Gasteiger partial charge in [-0.15, -0.1) is 5.10 Å². The number of thioether (sulfide) groups is 1. The molecule has 0 aliphatic carbocycles. The lowest BCUT2D eigenvalue weighted by molar-refractivity contribution is 0.667. The van der Waals surface area contributed by atoms with Gasteiger partial charge in [0.05, 0.1) is 5.69 Å². The number of benzene rings is 1. The quantitative estimate of drug-likeness (QED) is 0.681. The van der Waals surface area contributed by atoms with Crippen LogP contribution in [0.15, 0.2) is 40.3 Å². The Morgan fingerprint density at radius 1 is 1.25 bits per heavy atom. The summed E-state index contributed by atoms with van der Waals surface area (Å²) in [4.78, 5) is 16.9. The molecule has 0 atom stereocenters. The van der Waals surface area contributed by atoms with E-state index in [1.54, 1.807) is 21.0 Å². The fourth-order valence-corrected chi connectivity index (χ4v) is 3.31. The van der Waals surface area contributed by atoms with Gasteiger partial charge in [0.1, 0.15) is 11.2 Å². The first-order valence-electron chi connectivity index (χ1n) is 6.23. The van der Waals surface area contributed by atoms with Crippen molar-refractivity contribution in [2.75, 3.05) is 11.5 Å². The molecule has 1 aliphatic rings. The zero-order valence-electron chi connectivity index (χ0n) is 10.5. The summed E-state index contributed by atoms with van der Waals surface area (Å²) in [5.74, 6) is 1.21. The Labute approximate surface area is 118 Å². The molecule has 2 N–H and O–H groups in total. The number of fused-ring (bicyclic) bond motifs is 2. The van der Waals surface area contributed by atoms with E-state index in [1.807, 2.05) is 30.3 Å². The van der Waals surface area contributed by atoms with E-state index in [-0.39, 0.29) is 5.56 Å². The molecule has 0 saturated heterocycles. The first-order chi connectivity index (χ1) is 9.75. The maximum atomic E-state index is 12.5. The van der Waals surface area contributed by atoms with Gasteiger partial charge in [0.25, 0.3) is 5.56 Å². The summed E-state index contributed by atoms with van der Waals surface area (Å²) in [6.07, 6.45) is 0. The summed E-state index contributed by atoms with van der Waals surface area (Å²) in [6, 6.07) is 9.50. The van der Waals surface area contributed by atoms with Gasteiger partial charge in [-0.05, 0) is 12.1 Å². The van der Waals surface area contributed by atoms with E-state index >= 15 is 0 Å². The molecule has 0 amide bonds. The highest BCUT2D eigenvalue weighted by Crippen LogP contribution is 2.26. The van der Waals surface area contributed by atoms with Crippen LogP contribution in [0.5, 0.6) is 0 Å². The predicted molar refractivity (Wildman–Crippen MR) is 78.3 cm³/mol. The summed E-state index contributed by atoms with van der Waals surface area (Å²) < 4.78 is 3.24. The molecule has 0 radical (unpaired) electrons. The van der Waals surface area contributed by atoms with Gasteiger partial charge in [0, 0.05) is 12.3 Å². The lowest BCUT2D eigenvalue weighted by Gasteiger charge is -2.02. The third-order valence-corrected chi connectivity index (χ3v) is 4.30. The highest BCUT2D eigenvalue weighted by molar-refractivity contribution is 7.99. The van der Waals surface area contributed by atoms with Crippen LogP contribution in [0.4, 0.5) is 5.82 Å². The molecule has 1 aliphatic heterocycles. The van der Waals surface area contributed by atoms with Crippen molar-refractivity contribution in [3.05, 3.63) is 40.7 Å². The fraction of sp³-hybridized carbons (Fsp3) is 0.154.